The number of nitrogens with zero attached hydrogens (tertiary/aromatic N) is 2. The topological polar surface area (TPSA) is 49.0 Å². The fourth-order valence-corrected chi connectivity index (χ4v) is 1.99. The predicted molar refractivity (Wildman–Crippen MR) is 60.2 cm³/mol. The summed E-state index contributed by atoms with van der Waals surface area (Å²) in [4.78, 5) is 19.9. The van der Waals surface area contributed by atoms with Gasteiger partial charge in [0.1, 0.15) is 0 Å². The molecular formula is C11H16FN3O. The molecule has 2 heterocycles. The molecule has 88 valence electrons. The quantitative estimate of drug-likeness (QED) is 0.789. The molecule has 0 aromatic carbocycles. The largest absolute Gasteiger partial charge is 0.342 e. The van der Waals surface area contributed by atoms with Gasteiger partial charge in [0, 0.05) is 13.1 Å². The standard InChI is InChI=1S/C11H16FN3O/c1-8-9(12)10(16)14-11(13-8)15-6-4-2-3-5-7-15/h2-7H2,1H3,(H,13,14,16). The van der Waals surface area contributed by atoms with Gasteiger partial charge in [-0.05, 0) is 19.8 Å². The van der Waals surface area contributed by atoms with Crippen LogP contribution in [0.3, 0.4) is 0 Å². The molecule has 2 rings (SSSR count). The van der Waals surface area contributed by atoms with E-state index >= 15 is 0 Å². The Morgan fingerprint density at radius 1 is 1.25 bits per heavy atom. The van der Waals surface area contributed by atoms with Crippen molar-refractivity contribution >= 4 is 5.95 Å². The summed E-state index contributed by atoms with van der Waals surface area (Å²) in [6, 6.07) is 0. The summed E-state index contributed by atoms with van der Waals surface area (Å²) in [7, 11) is 0. The Morgan fingerprint density at radius 3 is 2.44 bits per heavy atom. The monoisotopic (exact) mass is 225 g/mol. The van der Waals surface area contributed by atoms with Crippen molar-refractivity contribution in [2.75, 3.05) is 18.0 Å². The lowest BCUT2D eigenvalue weighted by Gasteiger charge is -2.20. The SMILES string of the molecule is Cc1nc(N2CCCCCC2)[nH]c(=O)c1F. The molecule has 0 radical (unpaired) electrons. The maximum Gasteiger partial charge on any atom is 0.288 e. The Kier molecular flexibility index (Phi) is 3.22. The molecule has 0 spiro atoms. The number of hydrogen-bond acceptors (Lipinski definition) is 3. The number of aromatic amines is 1. The van der Waals surface area contributed by atoms with E-state index < -0.39 is 11.4 Å². The molecule has 5 heteroatoms. The van der Waals surface area contributed by atoms with Crippen LogP contribution in [0.2, 0.25) is 0 Å². The van der Waals surface area contributed by atoms with Gasteiger partial charge in [-0.2, -0.15) is 4.39 Å². The van der Waals surface area contributed by atoms with Crippen LogP contribution in [0.1, 0.15) is 31.4 Å². The highest BCUT2D eigenvalue weighted by Gasteiger charge is 2.14. The van der Waals surface area contributed by atoms with Gasteiger partial charge in [0.2, 0.25) is 11.8 Å². The molecule has 1 N–H and O–H groups in total. The molecule has 0 amide bonds. The number of anilines is 1. The van der Waals surface area contributed by atoms with Crippen LogP contribution in [-0.2, 0) is 0 Å². The second-order valence-corrected chi connectivity index (χ2v) is 4.19. The molecule has 0 atom stereocenters. The third-order valence-electron chi connectivity index (χ3n) is 2.92. The molecule has 1 saturated heterocycles. The fraction of sp³-hybridized carbons (Fsp3) is 0.636. The molecule has 0 unspecified atom stereocenters. The molecule has 1 aliphatic rings. The molecule has 4 nitrogen and oxygen atoms in total. The van der Waals surface area contributed by atoms with E-state index in [1.165, 1.54) is 19.8 Å². The Bertz CT molecular complexity index is 422. The van der Waals surface area contributed by atoms with Crippen molar-refractivity contribution in [3.8, 4) is 0 Å². The highest BCUT2D eigenvalue weighted by Crippen LogP contribution is 2.14. The van der Waals surface area contributed by atoms with E-state index in [-0.39, 0.29) is 5.69 Å². The van der Waals surface area contributed by atoms with Gasteiger partial charge in [0.15, 0.2) is 0 Å². The Hall–Kier alpha value is -1.39. The molecule has 0 aliphatic carbocycles. The van der Waals surface area contributed by atoms with E-state index in [4.69, 9.17) is 0 Å². The van der Waals surface area contributed by atoms with Crippen LogP contribution in [0.5, 0.6) is 0 Å². The van der Waals surface area contributed by atoms with Gasteiger partial charge in [-0.25, -0.2) is 4.98 Å². The smallest absolute Gasteiger partial charge is 0.288 e. The number of aryl methyl sites for hydroxylation is 1. The number of aromatic nitrogens is 2. The minimum atomic E-state index is -0.779. The fourth-order valence-electron chi connectivity index (χ4n) is 1.99. The van der Waals surface area contributed by atoms with Crippen molar-refractivity contribution < 1.29 is 4.39 Å². The summed E-state index contributed by atoms with van der Waals surface area (Å²) in [5.41, 5.74) is -0.505. The van der Waals surface area contributed by atoms with Crippen LogP contribution >= 0.6 is 0 Å². The lowest BCUT2D eigenvalue weighted by atomic mass is 10.2. The maximum absolute atomic E-state index is 13.1. The summed E-state index contributed by atoms with van der Waals surface area (Å²) >= 11 is 0. The van der Waals surface area contributed by atoms with Crippen LogP contribution in [0, 0.1) is 12.7 Å². The maximum atomic E-state index is 13.1. The van der Waals surface area contributed by atoms with Gasteiger partial charge in [-0.1, -0.05) is 12.8 Å². The van der Waals surface area contributed by atoms with Crippen molar-refractivity contribution in [3.63, 3.8) is 0 Å². The summed E-state index contributed by atoms with van der Waals surface area (Å²) in [6.07, 6.45) is 4.61. The normalized spacial score (nSPS) is 17.2. The number of hydrogen-bond donors (Lipinski definition) is 1. The van der Waals surface area contributed by atoms with Gasteiger partial charge in [0.05, 0.1) is 5.69 Å². The van der Waals surface area contributed by atoms with Gasteiger partial charge in [0.25, 0.3) is 5.56 Å². The van der Waals surface area contributed by atoms with Crippen LogP contribution in [0.4, 0.5) is 10.3 Å². The third kappa shape index (κ3) is 2.23. The van der Waals surface area contributed by atoms with Crippen molar-refractivity contribution in [1.82, 2.24) is 9.97 Å². The zero-order valence-electron chi connectivity index (χ0n) is 9.42. The molecule has 1 fully saturated rings. The Morgan fingerprint density at radius 2 is 1.88 bits per heavy atom. The average Bonchev–Trinajstić information content (AvgIpc) is 2.53. The number of rotatable bonds is 1. The molecule has 0 bridgehead atoms. The molecule has 1 aromatic rings. The number of H-pyrrole nitrogens is 1. The summed E-state index contributed by atoms with van der Waals surface area (Å²) in [6.45, 7) is 3.29. The van der Waals surface area contributed by atoms with E-state index in [1.54, 1.807) is 0 Å². The van der Waals surface area contributed by atoms with Crippen molar-refractivity contribution in [3.05, 3.63) is 21.9 Å². The molecular weight excluding hydrogens is 209 g/mol. The van der Waals surface area contributed by atoms with Crippen LogP contribution < -0.4 is 10.5 Å². The highest BCUT2D eigenvalue weighted by atomic mass is 19.1. The van der Waals surface area contributed by atoms with E-state index in [1.807, 2.05) is 4.90 Å². The van der Waals surface area contributed by atoms with Crippen LogP contribution in [0.15, 0.2) is 4.79 Å². The van der Waals surface area contributed by atoms with Gasteiger partial charge in [-0.15, -0.1) is 0 Å². The minimum absolute atomic E-state index is 0.169. The summed E-state index contributed by atoms with van der Waals surface area (Å²) in [5.74, 6) is -0.274. The first-order valence-corrected chi connectivity index (χ1v) is 5.70. The first kappa shape index (κ1) is 11.1. The van der Waals surface area contributed by atoms with E-state index in [9.17, 15) is 9.18 Å². The van der Waals surface area contributed by atoms with E-state index in [0.29, 0.717) is 5.95 Å². The van der Waals surface area contributed by atoms with E-state index in [0.717, 1.165) is 25.9 Å². The molecule has 0 saturated carbocycles. The number of nitrogens with one attached hydrogen (secondary N) is 1. The number of halogens is 1. The van der Waals surface area contributed by atoms with Gasteiger partial charge >= 0.3 is 0 Å². The zero-order chi connectivity index (χ0) is 11.5. The lowest BCUT2D eigenvalue weighted by Crippen LogP contribution is -2.29. The minimum Gasteiger partial charge on any atom is -0.342 e. The van der Waals surface area contributed by atoms with Crippen LogP contribution in [0.25, 0.3) is 0 Å². The van der Waals surface area contributed by atoms with Crippen molar-refractivity contribution in [2.45, 2.75) is 32.6 Å². The summed E-state index contributed by atoms with van der Waals surface area (Å²) in [5, 5.41) is 0. The van der Waals surface area contributed by atoms with Crippen molar-refractivity contribution in [1.29, 1.82) is 0 Å². The molecule has 1 aromatic heterocycles. The van der Waals surface area contributed by atoms with Crippen LogP contribution in [-0.4, -0.2) is 23.1 Å². The molecule has 16 heavy (non-hydrogen) atoms. The van der Waals surface area contributed by atoms with Crippen molar-refractivity contribution in [2.24, 2.45) is 0 Å². The Balaban J connectivity index is 2.28. The zero-order valence-corrected chi connectivity index (χ0v) is 9.42. The summed E-state index contributed by atoms with van der Waals surface area (Å²) < 4.78 is 13.1. The first-order chi connectivity index (χ1) is 7.68. The second kappa shape index (κ2) is 4.63. The van der Waals surface area contributed by atoms with Gasteiger partial charge < -0.3 is 4.90 Å². The molecule has 1 aliphatic heterocycles. The lowest BCUT2D eigenvalue weighted by molar-refractivity contribution is 0.585. The second-order valence-electron chi connectivity index (χ2n) is 4.19. The van der Waals surface area contributed by atoms with E-state index in [2.05, 4.69) is 9.97 Å². The Labute approximate surface area is 93.5 Å². The third-order valence-corrected chi connectivity index (χ3v) is 2.92. The first-order valence-electron chi connectivity index (χ1n) is 5.70. The predicted octanol–water partition coefficient (Wildman–Crippen LogP) is 1.60. The van der Waals surface area contributed by atoms with Gasteiger partial charge in [-0.3, -0.25) is 9.78 Å². The average molecular weight is 225 g/mol. The highest BCUT2D eigenvalue weighted by molar-refractivity contribution is 5.30.